The normalized spacial score (nSPS) is 10.3. The first-order valence-electron chi connectivity index (χ1n) is 6.31. The summed E-state index contributed by atoms with van der Waals surface area (Å²) in [5.41, 5.74) is 7.50. The van der Waals surface area contributed by atoms with Crippen molar-refractivity contribution in [3.05, 3.63) is 29.6 Å². The number of nitrogens with one attached hydrogen (secondary N) is 3. The standard InChI is InChI=1S/C13H17N5OS/c1-4-18-8(2)15-10-7-9(5-6-11(10)18)12(19)16-17-13(20)14-3/h5-7H,4H2,1-3H3,(H,16,19)(H2,14,17,20). The van der Waals surface area contributed by atoms with Gasteiger partial charge in [0.2, 0.25) is 0 Å². The van der Waals surface area contributed by atoms with E-state index in [1.807, 2.05) is 13.0 Å². The van der Waals surface area contributed by atoms with Crippen LogP contribution in [0.4, 0.5) is 0 Å². The van der Waals surface area contributed by atoms with E-state index >= 15 is 0 Å². The molecule has 0 radical (unpaired) electrons. The summed E-state index contributed by atoms with van der Waals surface area (Å²) in [5.74, 6) is 0.683. The van der Waals surface area contributed by atoms with Gasteiger partial charge in [-0.3, -0.25) is 15.6 Å². The summed E-state index contributed by atoms with van der Waals surface area (Å²) in [4.78, 5) is 16.4. The Bertz CT molecular complexity index is 664. The number of nitrogens with zero attached hydrogens (tertiary/aromatic N) is 2. The van der Waals surface area contributed by atoms with E-state index in [0.717, 1.165) is 23.4 Å². The van der Waals surface area contributed by atoms with Crippen LogP contribution in [-0.2, 0) is 6.54 Å². The number of hydrazine groups is 1. The molecule has 1 heterocycles. The average Bonchev–Trinajstić information content (AvgIpc) is 2.78. The molecule has 1 aromatic carbocycles. The van der Waals surface area contributed by atoms with Gasteiger partial charge in [0.05, 0.1) is 11.0 Å². The van der Waals surface area contributed by atoms with Crippen LogP contribution in [0.3, 0.4) is 0 Å². The predicted octanol–water partition coefficient (Wildman–Crippen LogP) is 1.10. The number of carbonyl (C=O) groups is 1. The number of amides is 1. The van der Waals surface area contributed by atoms with E-state index in [1.54, 1.807) is 19.2 Å². The third-order valence-electron chi connectivity index (χ3n) is 3.03. The molecule has 0 atom stereocenters. The zero-order valence-corrected chi connectivity index (χ0v) is 12.5. The first-order chi connectivity index (χ1) is 9.56. The van der Waals surface area contributed by atoms with Crippen LogP contribution in [0.15, 0.2) is 18.2 Å². The molecule has 1 aromatic heterocycles. The molecule has 1 amide bonds. The molecule has 2 aromatic rings. The number of imidazole rings is 1. The number of rotatable bonds is 2. The van der Waals surface area contributed by atoms with Gasteiger partial charge in [-0.2, -0.15) is 0 Å². The lowest BCUT2D eigenvalue weighted by atomic mass is 10.2. The van der Waals surface area contributed by atoms with E-state index in [-0.39, 0.29) is 5.91 Å². The third-order valence-corrected chi connectivity index (χ3v) is 3.34. The van der Waals surface area contributed by atoms with Crippen LogP contribution in [0, 0.1) is 6.92 Å². The number of benzene rings is 1. The Morgan fingerprint density at radius 1 is 1.40 bits per heavy atom. The van der Waals surface area contributed by atoms with Crippen molar-refractivity contribution < 1.29 is 4.79 Å². The van der Waals surface area contributed by atoms with Crippen molar-refractivity contribution in [2.75, 3.05) is 7.05 Å². The average molecular weight is 291 g/mol. The highest BCUT2D eigenvalue weighted by atomic mass is 32.1. The minimum Gasteiger partial charge on any atom is -0.364 e. The number of aromatic nitrogens is 2. The summed E-state index contributed by atoms with van der Waals surface area (Å²) in [5, 5.41) is 3.06. The Morgan fingerprint density at radius 3 is 2.80 bits per heavy atom. The second-order valence-corrected chi connectivity index (χ2v) is 4.67. The van der Waals surface area contributed by atoms with Crippen molar-refractivity contribution in [2.45, 2.75) is 20.4 Å². The number of aryl methyl sites for hydroxylation is 2. The molecule has 3 N–H and O–H groups in total. The molecular formula is C13H17N5OS. The highest BCUT2D eigenvalue weighted by Crippen LogP contribution is 2.17. The van der Waals surface area contributed by atoms with Crippen molar-refractivity contribution in [2.24, 2.45) is 0 Å². The SMILES string of the molecule is CCn1c(C)nc2cc(C(=O)NNC(=S)NC)ccc21. The fourth-order valence-electron chi connectivity index (χ4n) is 2.04. The molecule has 0 bridgehead atoms. The molecule has 0 saturated heterocycles. The third kappa shape index (κ3) is 2.72. The summed E-state index contributed by atoms with van der Waals surface area (Å²) in [6.45, 7) is 4.87. The quantitative estimate of drug-likeness (QED) is 0.571. The van der Waals surface area contributed by atoms with Gasteiger partial charge in [0.1, 0.15) is 5.82 Å². The minimum absolute atomic E-state index is 0.256. The predicted molar refractivity (Wildman–Crippen MR) is 82.4 cm³/mol. The van der Waals surface area contributed by atoms with Gasteiger partial charge in [-0.05, 0) is 44.3 Å². The van der Waals surface area contributed by atoms with Gasteiger partial charge >= 0.3 is 0 Å². The molecule has 20 heavy (non-hydrogen) atoms. The van der Waals surface area contributed by atoms with Gasteiger partial charge in [-0.15, -0.1) is 0 Å². The topological polar surface area (TPSA) is 71.0 Å². The zero-order chi connectivity index (χ0) is 14.7. The van der Waals surface area contributed by atoms with Crippen molar-refractivity contribution in [1.82, 2.24) is 25.7 Å². The van der Waals surface area contributed by atoms with Crippen molar-refractivity contribution in [1.29, 1.82) is 0 Å². The summed E-state index contributed by atoms with van der Waals surface area (Å²) >= 11 is 4.88. The van der Waals surface area contributed by atoms with Crippen LogP contribution in [0.2, 0.25) is 0 Å². The molecule has 0 fully saturated rings. The maximum absolute atomic E-state index is 12.0. The lowest BCUT2D eigenvalue weighted by molar-refractivity contribution is 0.0944. The number of thiocarbonyl (C=S) groups is 1. The lowest BCUT2D eigenvalue weighted by Gasteiger charge is -2.08. The second-order valence-electron chi connectivity index (χ2n) is 4.27. The van der Waals surface area contributed by atoms with Gasteiger partial charge in [0.25, 0.3) is 5.91 Å². The molecule has 0 saturated carbocycles. The maximum atomic E-state index is 12.0. The minimum atomic E-state index is -0.256. The highest BCUT2D eigenvalue weighted by molar-refractivity contribution is 7.80. The summed E-state index contributed by atoms with van der Waals surface area (Å²) in [6.07, 6.45) is 0. The van der Waals surface area contributed by atoms with E-state index in [9.17, 15) is 4.79 Å². The van der Waals surface area contributed by atoms with Gasteiger partial charge in [0.15, 0.2) is 5.11 Å². The summed E-state index contributed by atoms with van der Waals surface area (Å²) in [6, 6.07) is 5.45. The van der Waals surface area contributed by atoms with Crippen molar-refractivity contribution in [3.63, 3.8) is 0 Å². The van der Waals surface area contributed by atoms with Gasteiger partial charge in [-0.1, -0.05) is 0 Å². The van der Waals surface area contributed by atoms with E-state index in [4.69, 9.17) is 12.2 Å². The van der Waals surface area contributed by atoms with Crippen molar-refractivity contribution in [3.8, 4) is 0 Å². The fraction of sp³-hybridized carbons (Fsp3) is 0.308. The van der Waals surface area contributed by atoms with E-state index in [0.29, 0.717) is 10.7 Å². The Labute approximate surface area is 122 Å². The van der Waals surface area contributed by atoms with Crippen LogP contribution in [0.25, 0.3) is 11.0 Å². The second kappa shape index (κ2) is 5.87. The molecule has 0 aliphatic carbocycles. The van der Waals surface area contributed by atoms with Crippen LogP contribution >= 0.6 is 12.2 Å². The van der Waals surface area contributed by atoms with E-state index in [1.165, 1.54) is 0 Å². The number of hydrogen-bond donors (Lipinski definition) is 3. The molecule has 0 aliphatic rings. The molecule has 106 valence electrons. The highest BCUT2D eigenvalue weighted by Gasteiger charge is 2.10. The van der Waals surface area contributed by atoms with Gasteiger partial charge in [0, 0.05) is 19.2 Å². The molecule has 0 aliphatic heterocycles. The fourth-order valence-corrected chi connectivity index (χ4v) is 2.09. The lowest BCUT2D eigenvalue weighted by Crippen LogP contribution is -2.45. The Hall–Kier alpha value is -2.15. The Balaban J connectivity index is 2.23. The van der Waals surface area contributed by atoms with Crippen LogP contribution in [0.1, 0.15) is 23.1 Å². The van der Waals surface area contributed by atoms with Gasteiger partial charge in [-0.25, -0.2) is 4.98 Å². The molecule has 0 spiro atoms. The summed E-state index contributed by atoms with van der Waals surface area (Å²) in [7, 11) is 1.67. The molecular weight excluding hydrogens is 274 g/mol. The van der Waals surface area contributed by atoms with Crippen LogP contribution < -0.4 is 16.2 Å². The Morgan fingerprint density at radius 2 is 2.15 bits per heavy atom. The molecule has 0 unspecified atom stereocenters. The van der Waals surface area contributed by atoms with E-state index in [2.05, 4.69) is 32.6 Å². The molecule has 6 nitrogen and oxygen atoms in total. The van der Waals surface area contributed by atoms with Crippen LogP contribution in [0.5, 0.6) is 0 Å². The number of carbonyl (C=O) groups excluding carboxylic acids is 1. The first kappa shape index (κ1) is 14.3. The summed E-state index contributed by atoms with van der Waals surface area (Å²) < 4.78 is 2.10. The monoisotopic (exact) mass is 291 g/mol. The maximum Gasteiger partial charge on any atom is 0.269 e. The van der Waals surface area contributed by atoms with E-state index < -0.39 is 0 Å². The van der Waals surface area contributed by atoms with Crippen molar-refractivity contribution >= 4 is 34.3 Å². The molecule has 7 heteroatoms. The van der Waals surface area contributed by atoms with Crippen LogP contribution in [-0.4, -0.2) is 27.6 Å². The number of hydrogen-bond acceptors (Lipinski definition) is 3. The largest absolute Gasteiger partial charge is 0.364 e. The molecule has 2 rings (SSSR count). The Kier molecular flexibility index (Phi) is 4.19. The first-order valence-corrected chi connectivity index (χ1v) is 6.72. The number of fused-ring (bicyclic) bond motifs is 1. The smallest absolute Gasteiger partial charge is 0.269 e. The zero-order valence-electron chi connectivity index (χ0n) is 11.7. The van der Waals surface area contributed by atoms with Gasteiger partial charge < -0.3 is 9.88 Å².